The van der Waals surface area contributed by atoms with Crippen LogP contribution in [0.15, 0.2) is 18.5 Å². The van der Waals surface area contributed by atoms with Gasteiger partial charge in [0.25, 0.3) is 0 Å². The molecule has 1 amide bonds. The standard InChI is InChI=1S/C17H20ClN3O5/c1-4-9(2)26-16(25)17(15(23)24,21-10(3)22)7-11-8-20-14-13(11)12(18)5-6-19-14/h5-6,8-9H,4,7H2,1-3H3,(H,19,20)(H,21,22)(H,23,24). The largest absolute Gasteiger partial charge is 0.479 e. The molecule has 2 atom stereocenters. The first-order valence-electron chi connectivity index (χ1n) is 8.05. The minimum absolute atomic E-state index is 0.345. The van der Waals surface area contributed by atoms with Gasteiger partial charge >= 0.3 is 11.9 Å². The highest BCUT2D eigenvalue weighted by Crippen LogP contribution is 2.29. The van der Waals surface area contributed by atoms with Crippen LogP contribution < -0.4 is 5.32 Å². The molecule has 0 radical (unpaired) electrons. The third-order valence-corrected chi connectivity index (χ3v) is 4.36. The van der Waals surface area contributed by atoms with Crippen molar-refractivity contribution < 1.29 is 24.2 Å². The van der Waals surface area contributed by atoms with E-state index in [1.165, 1.54) is 12.4 Å². The number of carboxylic acid groups (broad SMARTS) is 1. The van der Waals surface area contributed by atoms with Crippen LogP contribution in [0.25, 0.3) is 11.0 Å². The van der Waals surface area contributed by atoms with Gasteiger partial charge in [-0.05, 0) is 25.0 Å². The Morgan fingerprint density at radius 2 is 2.15 bits per heavy atom. The number of ether oxygens (including phenoxy) is 1. The maximum Gasteiger partial charge on any atom is 0.344 e. The molecule has 2 aromatic heterocycles. The summed E-state index contributed by atoms with van der Waals surface area (Å²) in [5, 5.41) is 12.9. The number of amides is 1. The van der Waals surface area contributed by atoms with Gasteiger partial charge in [0, 0.05) is 31.1 Å². The van der Waals surface area contributed by atoms with Crippen LogP contribution in [-0.2, 0) is 25.5 Å². The second-order valence-corrected chi connectivity index (χ2v) is 6.43. The van der Waals surface area contributed by atoms with E-state index >= 15 is 0 Å². The van der Waals surface area contributed by atoms with Crippen LogP contribution in [0, 0.1) is 0 Å². The molecule has 3 N–H and O–H groups in total. The number of aromatic amines is 1. The number of nitrogens with one attached hydrogen (secondary N) is 2. The lowest BCUT2D eigenvalue weighted by Gasteiger charge is -2.29. The summed E-state index contributed by atoms with van der Waals surface area (Å²) in [6.07, 6.45) is 2.68. The highest BCUT2D eigenvalue weighted by Gasteiger charge is 2.50. The number of hydrogen-bond acceptors (Lipinski definition) is 5. The van der Waals surface area contributed by atoms with Gasteiger partial charge in [0.05, 0.1) is 11.1 Å². The number of carbonyl (C=O) groups is 3. The Kier molecular flexibility index (Phi) is 5.86. The quantitative estimate of drug-likeness (QED) is 0.498. The van der Waals surface area contributed by atoms with Crippen LogP contribution in [0.1, 0.15) is 32.8 Å². The lowest BCUT2D eigenvalue weighted by Crippen LogP contribution is -2.62. The molecule has 0 bridgehead atoms. The van der Waals surface area contributed by atoms with Crippen molar-refractivity contribution in [2.24, 2.45) is 0 Å². The van der Waals surface area contributed by atoms with E-state index in [0.29, 0.717) is 28.0 Å². The molecule has 0 fully saturated rings. The van der Waals surface area contributed by atoms with E-state index in [0.717, 1.165) is 6.92 Å². The normalized spacial score (nSPS) is 14.5. The van der Waals surface area contributed by atoms with Crippen molar-refractivity contribution in [2.45, 2.75) is 45.3 Å². The molecule has 9 heteroatoms. The van der Waals surface area contributed by atoms with Crippen molar-refractivity contribution in [1.29, 1.82) is 0 Å². The number of hydrogen-bond donors (Lipinski definition) is 3. The summed E-state index contributed by atoms with van der Waals surface area (Å²) in [5.41, 5.74) is -1.40. The van der Waals surface area contributed by atoms with Crippen LogP contribution in [-0.4, -0.2) is 44.6 Å². The predicted octanol–water partition coefficient (Wildman–Crippen LogP) is 2.06. The van der Waals surface area contributed by atoms with Crippen molar-refractivity contribution in [1.82, 2.24) is 15.3 Å². The zero-order chi connectivity index (χ0) is 19.5. The molecule has 0 aliphatic rings. The summed E-state index contributed by atoms with van der Waals surface area (Å²) in [7, 11) is 0. The Bertz CT molecular complexity index is 850. The van der Waals surface area contributed by atoms with Gasteiger partial charge in [-0.25, -0.2) is 14.6 Å². The van der Waals surface area contributed by atoms with Crippen molar-refractivity contribution in [3.63, 3.8) is 0 Å². The van der Waals surface area contributed by atoms with Gasteiger partial charge < -0.3 is 20.1 Å². The summed E-state index contributed by atoms with van der Waals surface area (Å²) < 4.78 is 5.22. The molecule has 2 aromatic rings. The minimum atomic E-state index is -2.27. The number of aliphatic carboxylic acids is 1. The Labute approximate surface area is 154 Å². The number of nitrogens with zero attached hydrogens (tertiary/aromatic N) is 1. The number of pyridine rings is 1. The Morgan fingerprint density at radius 3 is 2.73 bits per heavy atom. The fraction of sp³-hybridized carbons (Fsp3) is 0.412. The molecular weight excluding hydrogens is 362 g/mol. The monoisotopic (exact) mass is 381 g/mol. The number of rotatable bonds is 7. The van der Waals surface area contributed by atoms with Gasteiger partial charge in [0.1, 0.15) is 5.65 Å². The van der Waals surface area contributed by atoms with Crippen LogP contribution in [0.3, 0.4) is 0 Å². The number of halogens is 1. The highest BCUT2D eigenvalue weighted by atomic mass is 35.5. The van der Waals surface area contributed by atoms with E-state index in [9.17, 15) is 19.5 Å². The van der Waals surface area contributed by atoms with Gasteiger partial charge in [0.2, 0.25) is 11.4 Å². The van der Waals surface area contributed by atoms with E-state index in [2.05, 4.69) is 15.3 Å². The molecule has 8 nitrogen and oxygen atoms in total. The van der Waals surface area contributed by atoms with Crippen molar-refractivity contribution in [2.75, 3.05) is 0 Å². The summed E-state index contributed by atoms with van der Waals surface area (Å²) in [6, 6.07) is 1.56. The van der Waals surface area contributed by atoms with E-state index in [1.807, 2.05) is 0 Å². The summed E-state index contributed by atoms with van der Waals surface area (Å²) >= 11 is 6.19. The molecule has 0 aliphatic heterocycles. The fourth-order valence-electron chi connectivity index (χ4n) is 2.56. The Hall–Kier alpha value is -2.61. The number of esters is 1. The molecule has 0 saturated carbocycles. The number of fused-ring (bicyclic) bond motifs is 1. The number of carbonyl (C=O) groups excluding carboxylic acids is 2. The van der Waals surface area contributed by atoms with Gasteiger partial charge in [-0.15, -0.1) is 0 Å². The van der Waals surface area contributed by atoms with Crippen molar-refractivity contribution in [3.05, 3.63) is 29.0 Å². The average molecular weight is 382 g/mol. The van der Waals surface area contributed by atoms with Gasteiger partial charge in [-0.1, -0.05) is 18.5 Å². The Balaban J connectivity index is 2.53. The van der Waals surface area contributed by atoms with Crippen LogP contribution in [0.2, 0.25) is 5.02 Å². The zero-order valence-electron chi connectivity index (χ0n) is 14.6. The third-order valence-electron chi connectivity index (χ3n) is 4.05. The molecule has 140 valence electrons. The summed E-state index contributed by atoms with van der Waals surface area (Å²) in [4.78, 5) is 43.4. The van der Waals surface area contributed by atoms with E-state index in [-0.39, 0.29) is 6.42 Å². The predicted molar refractivity (Wildman–Crippen MR) is 94.8 cm³/mol. The van der Waals surface area contributed by atoms with Gasteiger partial charge in [0.15, 0.2) is 0 Å². The molecular formula is C17H20ClN3O5. The van der Waals surface area contributed by atoms with Gasteiger partial charge in [-0.3, -0.25) is 4.79 Å². The average Bonchev–Trinajstić information content (AvgIpc) is 2.97. The first-order chi connectivity index (χ1) is 12.2. The molecule has 0 aliphatic carbocycles. The Morgan fingerprint density at radius 1 is 1.46 bits per heavy atom. The van der Waals surface area contributed by atoms with Crippen molar-refractivity contribution in [3.8, 4) is 0 Å². The van der Waals surface area contributed by atoms with Gasteiger partial charge in [-0.2, -0.15) is 0 Å². The second-order valence-electron chi connectivity index (χ2n) is 6.02. The second kappa shape index (κ2) is 7.74. The number of H-pyrrole nitrogens is 1. The lowest BCUT2D eigenvalue weighted by molar-refractivity contribution is -0.168. The molecule has 26 heavy (non-hydrogen) atoms. The minimum Gasteiger partial charge on any atom is -0.479 e. The molecule has 2 heterocycles. The van der Waals surface area contributed by atoms with Crippen LogP contribution in [0.4, 0.5) is 0 Å². The lowest BCUT2D eigenvalue weighted by atomic mass is 9.90. The summed E-state index contributed by atoms with van der Waals surface area (Å²) in [6.45, 7) is 4.58. The maximum atomic E-state index is 12.7. The van der Waals surface area contributed by atoms with Crippen molar-refractivity contribution >= 4 is 40.5 Å². The molecule has 2 unspecified atom stereocenters. The molecule has 0 spiro atoms. The molecule has 2 rings (SSSR count). The fourth-order valence-corrected chi connectivity index (χ4v) is 2.82. The first-order valence-corrected chi connectivity index (χ1v) is 8.42. The highest BCUT2D eigenvalue weighted by molar-refractivity contribution is 6.35. The molecule has 0 aromatic carbocycles. The van der Waals surface area contributed by atoms with Crippen LogP contribution in [0.5, 0.6) is 0 Å². The number of carboxylic acids is 1. The topological polar surface area (TPSA) is 121 Å². The van der Waals surface area contributed by atoms with E-state index in [1.54, 1.807) is 19.9 Å². The maximum absolute atomic E-state index is 12.7. The van der Waals surface area contributed by atoms with E-state index in [4.69, 9.17) is 16.3 Å². The van der Waals surface area contributed by atoms with E-state index < -0.39 is 29.5 Å². The zero-order valence-corrected chi connectivity index (χ0v) is 15.4. The smallest absolute Gasteiger partial charge is 0.344 e. The molecule has 0 saturated heterocycles. The summed E-state index contributed by atoms with van der Waals surface area (Å²) in [5.74, 6) is -3.23. The third kappa shape index (κ3) is 3.80. The first kappa shape index (κ1) is 19.7. The van der Waals surface area contributed by atoms with Crippen LogP contribution >= 0.6 is 11.6 Å². The SMILES string of the molecule is CCC(C)OC(=O)C(Cc1c[nH]c2nccc(Cl)c12)(NC(C)=O)C(=O)O. The number of aromatic nitrogens is 2.